The molecule has 2 amide bonds. The van der Waals surface area contributed by atoms with E-state index in [9.17, 15) is 14.4 Å². The third-order valence-electron chi connectivity index (χ3n) is 5.16. The van der Waals surface area contributed by atoms with E-state index in [2.05, 4.69) is 15.0 Å². The zero-order valence-electron chi connectivity index (χ0n) is 15.6. The Labute approximate surface area is 161 Å². The Kier molecular flexibility index (Phi) is 4.81. The Bertz CT molecular complexity index is 901. The number of methoxy groups -OCH3 is 1. The van der Waals surface area contributed by atoms with Crippen LogP contribution in [0.5, 0.6) is 0 Å². The molecule has 28 heavy (non-hydrogen) atoms. The molecule has 2 fully saturated rings. The number of rotatable bonds is 5. The van der Waals surface area contributed by atoms with Crippen molar-refractivity contribution in [2.24, 2.45) is 0 Å². The summed E-state index contributed by atoms with van der Waals surface area (Å²) in [5.41, 5.74) is 1.70. The number of likely N-dealkylation sites (tertiary alicyclic amines) is 2. The van der Waals surface area contributed by atoms with Crippen LogP contribution in [-0.4, -0.2) is 69.3 Å². The van der Waals surface area contributed by atoms with E-state index in [0.29, 0.717) is 37.2 Å². The second-order valence-corrected chi connectivity index (χ2v) is 7.04. The van der Waals surface area contributed by atoms with Crippen LogP contribution in [-0.2, 0) is 16.1 Å². The molecule has 146 valence electrons. The number of aromatic nitrogens is 3. The summed E-state index contributed by atoms with van der Waals surface area (Å²) in [6.45, 7) is 2.35. The number of ether oxygens (including phenoxy) is 1. The number of amides is 2. The molecule has 9 nitrogen and oxygen atoms in total. The van der Waals surface area contributed by atoms with Crippen molar-refractivity contribution in [2.45, 2.75) is 25.4 Å². The molecule has 0 saturated carbocycles. The molecule has 2 aromatic rings. The minimum absolute atomic E-state index is 0.0776. The molecule has 0 spiro atoms. The van der Waals surface area contributed by atoms with Crippen LogP contribution in [0.15, 0.2) is 30.5 Å². The fraction of sp³-hybridized carbons (Fsp3) is 0.421. The van der Waals surface area contributed by atoms with Gasteiger partial charge in [-0.3, -0.25) is 9.59 Å². The van der Waals surface area contributed by atoms with E-state index < -0.39 is 5.97 Å². The summed E-state index contributed by atoms with van der Waals surface area (Å²) < 4.78 is 6.42. The third-order valence-corrected chi connectivity index (χ3v) is 5.16. The fourth-order valence-corrected chi connectivity index (χ4v) is 3.47. The molecular formula is C19H21N5O4. The van der Waals surface area contributed by atoms with Crippen molar-refractivity contribution < 1.29 is 19.1 Å². The lowest BCUT2D eigenvalue weighted by Gasteiger charge is -2.38. The van der Waals surface area contributed by atoms with Gasteiger partial charge in [0, 0.05) is 31.6 Å². The van der Waals surface area contributed by atoms with Crippen molar-refractivity contribution in [2.75, 3.05) is 26.7 Å². The molecule has 0 unspecified atom stereocenters. The molecular weight excluding hydrogens is 362 g/mol. The highest BCUT2D eigenvalue weighted by molar-refractivity contribution is 5.96. The van der Waals surface area contributed by atoms with E-state index in [1.165, 1.54) is 7.11 Å². The average molecular weight is 383 g/mol. The predicted molar refractivity (Wildman–Crippen MR) is 97.4 cm³/mol. The number of carbonyl (C=O) groups is 3. The van der Waals surface area contributed by atoms with E-state index in [1.54, 1.807) is 38.7 Å². The van der Waals surface area contributed by atoms with Crippen molar-refractivity contribution in [3.05, 3.63) is 47.3 Å². The van der Waals surface area contributed by atoms with Crippen LogP contribution in [0.3, 0.4) is 0 Å². The second-order valence-electron chi connectivity index (χ2n) is 7.04. The first-order chi connectivity index (χ1) is 13.5. The maximum Gasteiger partial charge on any atom is 0.337 e. The van der Waals surface area contributed by atoms with Crippen molar-refractivity contribution >= 4 is 17.8 Å². The normalized spacial score (nSPS) is 17.0. The van der Waals surface area contributed by atoms with Gasteiger partial charge in [0.1, 0.15) is 5.69 Å². The molecule has 0 N–H and O–H groups in total. The minimum atomic E-state index is -0.430. The quantitative estimate of drug-likeness (QED) is 0.711. The van der Waals surface area contributed by atoms with Crippen LogP contribution < -0.4 is 0 Å². The molecule has 0 radical (unpaired) electrons. The molecule has 1 aromatic heterocycles. The predicted octanol–water partition coefficient (Wildman–Crippen LogP) is 0.884. The van der Waals surface area contributed by atoms with Crippen molar-refractivity contribution in [1.29, 1.82) is 0 Å². The summed E-state index contributed by atoms with van der Waals surface area (Å²) in [6.07, 6.45) is 3.35. The summed E-state index contributed by atoms with van der Waals surface area (Å²) in [6, 6.07) is 6.50. The lowest BCUT2D eigenvalue weighted by molar-refractivity contribution is -0.128. The summed E-state index contributed by atoms with van der Waals surface area (Å²) in [7, 11) is 1.32. The van der Waals surface area contributed by atoms with E-state index in [0.717, 1.165) is 18.7 Å². The van der Waals surface area contributed by atoms with Gasteiger partial charge in [-0.15, -0.1) is 5.10 Å². The van der Waals surface area contributed by atoms with E-state index in [1.807, 2.05) is 6.20 Å². The third kappa shape index (κ3) is 3.47. The Balaban J connectivity index is 1.32. The molecule has 9 heteroatoms. The Morgan fingerprint density at radius 2 is 1.89 bits per heavy atom. The highest BCUT2D eigenvalue weighted by Gasteiger charge is 2.33. The lowest BCUT2D eigenvalue weighted by Crippen LogP contribution is -2.50. The number of esters is 1. The largest absolute Gasteiger partial charge is 0.465 e. The van der Waals surface area contributed by atoms with Crippen LogP contribution in [0.2, 0.25) is 0 Å². The van der Waals surface area contributed by atoms with Gasteiger partial charge in [0.05, 0.1) is 31.5 Å². The summed E-state index contributed by atoms with van der Waals surface area (Å²) in [4.78, 5) is 39.3. The van der Waals surface area contributed by atoms with Crippen LogP contribution in [0.1, 0.15) is 45.3 Å². The first-order valence-electron chi connectivity index (χ1n) is 9.21. The number of benzene rings is 1. The highest BCUT2D eigenvalue weighted by Crippen LogP contribution is 2.23. The van der Waals surface area contributed by atoms with E-state index in [4.69, 9.17) is 0 Å². The molecule has 4 rings (SSSR count). The zero-order valence-corrected chi connectivity index (χ0v) is 15.6. The maximum absolute atomic E-state index is 12.5. The average Bonchev–Trinajstić information content (AvgIpc) is 3.29. The summed E-state index contributed by atoms with van der Waals surface area (Å²) in [5.74, 6) is -0.357. The van der Waals surface area contributed by atoms with Gasteiger partial charge in [0.2, 0.25) is 5.91 Å². The fourth-order valence-electron chi connectivity index (χ4n) is 3.47. The monoisotopic (exact) mass is 383 g/mol. The van der Waals surface area contributed by atoms with Crippen LogP contribution in [0.25, 0.3) is 0 Å². The molecule has 0 bridgehead atoms. The first-order valence-corrected chi connectivity index (χ1v) is 9.21. The van der Waals surface area contributed by atoms with Gasteiger partial charge in [-0.25, -0.2) is 9.48 Å². The summed E-state index contributed by atoms with van der Waals surface area (Å²) >= 11 is 0. The number of hydrogen-bond donors (Lipinski definition) is 0. The SMILES string of the molecule is COC(=O)c1ccc(C(=O)N2CC(n3cc(CN4CCCC4=O)nn3)C2)cc1. The highest BCUT2D eigenvalue weighted by atomic mass is 16.5. The molecule has 0 aliphatic carbocycles. The van der Waals surface area contributed by atoms with Crippen LogP contribution in [0.4, 0.5) is 0 Å². The van der Waals surface area contributed by atoms with Gasteiger partial charge in [0.25, 0.3) is 5.91 Å². The van der Waals surface area contributed by atoms with Gasteiger partial charge < -0.3 is 14.5 Å². The first kappa shape index (κ1) is 18.1. The molecule has 2 aliphatic rings. The topological polar surface area (TPSA) is 97.6 Å². The van der Waals surface area contributed by atoms with Crippen molar-refractivity contribution in [3.63, 3.8) is 0 Å². The Morgan fingerprint density at radius 1 is 1.18 bits per heavy atom. The molecule has 2 saturated heterocycles. The lowest BCUT2D eigenvalue weighted by atomic mass is 10.1. The maximum atomic E-state index is 12.5. The summed E-state index contributed by atoms with van der Waals surface area (Å²) in [5, 5.41) is 8.30. The Morgan fingerprint density at radius 3 is 2.54 bits per heavy atom. The van der Waals surface area contributed by atoms with Crippen LogP contribution >= 0.6 is 0 Å². The molecule has 1 aromatic carbocycles. The minimum Gasteiger partial charge on any atom is -0.465 e. The van der Waals surface area contributed by atoms with E-state index in [-0.39, 0.29) is 17.9 Å². The van der Waals surface area contributed by atoms with Crippen LogP contribution in [0, 0.1) is 0 Å². The van der Waals surface area contributed by atoms with Crippen molar-refractivity contribution in [1.82, 2.24) is 24.8 Å². The van der Waals surface area contributed by atoms with Gasteiger partial charge in [-0.1, -0.05) is 5.21 Å². The molecule has 2 aliphatic heterocycles. The van der Waals surface area contributed by atoms with Gasteiger partial charge in [-0.2, -0.15) is 0 Å². The van der Waals surface area contributed by atoms with E-state index >= 15 is 0 Å². The molecule has 3 heterocycles. The van der Waals surface area contributed by atoms with Gasteiger partial charge in [0.15, 0.2) is 0 Å². The number of hydrogen-bond acceptors (Lipinski definition) is 6. The van der Waals surface area contributed by atoms with Gasteiger partial charge in [-0.05, 0) is 30.7 Å². The standard InChI is InChI=1S/C19H21N5O4/c1-28-19(27)14-6-4-13(5-7-14)18(26)23-11-16(12-23)24-10-15(20-21-24)9-22-8-2-3-17(22)25/h4-7,10,16H,2-3,8-9,11-12H2,1H3. The Hall–Kier alpha value is -3.23. The number of nitrogens with zero attached hydrogens (tertiary/aromatic N) is 5. The van der Waals surface area contributed by atoms with Crippen molar-refractivity contribution in [3.8, 4) is 0 Å². The smallest absolute Gasteiger partial charge is 0.337 e. The molecule has 0 atom stereocenters. The zero-order chi connectivity index (χ0) is 19.7. The second kappa shape index (κ2) is 7.41. The van der Waals surface area contributed by atoms with Gasteiger partial charge >= 0.3 is 5.97 Å². The number of carbonyl (C=O) groups excluding carboxylic acids is 3.